The smallest absolute Gasteiger partial charge is 0.240 e. The minimum absolute atomic E-state index is 0.0339. The molecule has 0 bridgehead atoms. The topological polar surface area (TPSA) is 81.8 Å². The van der Waals surface area contributed by atoms with Crippen molar-refractivity contribution in [3.8, 4) is 0 Å². The van der Waals surface area contributed by atoms with Gasteiger partial charge in [-0.3, -0.25) is 14.6 Å². The summed E-state index contributed by atoms with van der Waals surface area (Å²) in [7, 11) is 0. The predicted octanol–water partition coefficient (Wildman–Crippen LogP) is 1.33. The fraction of sp³-hybridized carbons (Fsp3) is 0.500. The maximum atomic E-state index is 12.1. The molecule has 1 atom stereocenters. The average Bonchev–Trinajstić information content (AvgIpc) is 3.21. The molecule has 7 nitrogen and oxygen atoms in total. The van der Waals surface area contributed by atoms with Crippen LogP contribution in [-0.4, -0.2) is 65.1 Å². The van der Waals surface area contributed by atoms with E-state index in [-0.39, 0.29) is 5.91 Å². The van der Waals surface area contributed by atoms with Gasteiger partial charge in [0.25, 0.3) is 0 Å². The molecule has 1 fully saturated rings. The zero-order valence-corrected chi connectivity index (χ0v) is 14.5. The summed E-state index contributed by atoms with van der Waals surface area (Å²) < 4.78 is 5.22. The first-order valence-corrected chi connectivity index (χ1v) is 8.86. The number of anilines is 1. The van der Waals surface area contributed by atoms with Crippen molar-refractivity contribution in [2.75, 3.05) is 44.6 Å². The van der Waals surface area contributed by atoms with E-state index in [2.05, 4.69) is 20.1 Å². The Morgan fingerprint density at radius 1 is 1.42 bits per heavy atom. The van der Waals surface area contributed by atoms with Crippen molar-refractivity contribution >= 4 is 22.4 Å². The molecule has 1 unspecified atom stereocenters. The Balaban J connectivity index is 1.39. The molecule has 0 aliphatic carbocycles. The number of piperazine rings is 1. The molecule has 0 spiro atoms. The van der Waals surface area contributed by atoms with E-state index in [1.54, 1.807) is 18.4 Å². The van der Waals surface area contributed by atoms with E-state index in [1.165, 1.54) is 11.3 Å². The van der Waals surface area contributed by atoms with E-state index in [9.17, 15) is 9.90 Å². The summed E-state index contributed by atoms with van der Waals surface area (Å²) in [6, 6.07) is 3.56. The Labute approximate surface area is 144 Å². The van der Waals surface area contributed by atoms with E-state index < -0.39 is 6.10 Å². The summed E-state index contributed by atoms with van der Waals surface area (Å²) in [4.78, 5) is 20.6. The highest BCUT2D eigenvalue weighted by atomic mass is 32.1. The highest BCUT2D eigenvalue weighted by Crippen LogP contribution is 2.16. The number of nitrogens with one attached hydrogen (secondary N) is 1. The molecule has 1 aliphatic rings. The number of aryl methyl sites for hydroxylation is 1. The van der Waals surface area contributed by atoms with E-state index in [0.717, 1.165) is 31.9 Å². The highest BCUT2D eigenvalue weighted by Gasteiger charge is 2.22. The minimum Gasteiger partial charge on any atom is -0.467 e. The molecule has 3 heterocycles. The van der Waals surface area contributed by atoms with Crippen LogP contribution >= 0.6 is 11.3 Å². The highest BCUT2D eigenvalue weighted by molar-refractivity contribution is 7.13. The quantitative estimate of drug-likeness (QED) is 0.818. The zero-order chi connectivity index (χ0) is 16.9. The first kappa shape index (κ1) is 17.1. The number of β-amino-alcohol motifs (C(OH)–C–C–N with tert-alkyl or cyclic N) is 1. The summed E-state index contributed by atoms with van der Waals surface area (Å²) in [6.07, 6.45) is 0.960. The molecule has 0 radical (unpaired) electrons. The molecule has 130 valence electrons. The number of hydrogen-bond acceptors (Lipinski definition) is 7. The maximum Gasteiger partial charge on any atom is 0.240 e. The Kier molecular flexibility index (Phi) is 5.62. The van der Waals surface area contributed by atoms with Gasteiger partial charge >= 0.3 is 0 Å². The van der Waals surface area contributed by atoms with E-state index >= 15 is 0 Å². The van der Waals surface area contributed by atoms with Crippen LogP contribution in [-0.2, 0) is 4.79 Å². The number of nitrogens with zero attached hydrogens (tertiary/aromatic N) is 3. The third-order valence-corrected chi connectivity index (χ3v) is 4.88. The van der Waals surface area contributed by atoms with Crippen LogP contribution in [0.15, 0.2) is 28.2 Å². The van der Waals surface area contributed by atoms with Gasteiger partial charge in [-0.25, -0.2) is 4.98 Å². The predicted molar refractivity (Wildman–Crippen MR) is 92.0 cm³/mol. The molecule has 3 rings (SSSR count). The van der Waals surface area contributed by atoms with Gasteiger partial charge in [0, 0.05) is 38.1 Å². The van der Waals surface area contributed by atoms with E-state index in [4.69, 9.17) is 4.42 Å². The van der Waals surface area contributed by atoms with Gasteiger partial charge in [0.1, 0.15) is 11.9 Å². The fourth-order valence-electron chi connectivity index (χ4n) is 2.72. The van der Waals surface area contributed by atoms with Crippen molar-refractivity contribution in [1.82, 2.24) is 14.8 Å². The molecular weight excluding hydrogens is 328 g/mol. The molecule has 8 heteroatoms. The van der Waals surface area contributed by atoms with Gasteiger partial charge in [-0.05, 0) is 19.1 Å². The monoisotopic (exact) mass is 350 g/mol. The number of amides is 1. The molecule has 1 saturated heterocycles. The molecule has 1 amide bonds. The van der Waals surface area contributed by atoms with Crippen molar-refractivity contribution < 1.29 is 14.3 Å². The molecular formula is C16H22N4O3S. The molecule has 2 N–H and O–H groups in total. The van der Waals surface area contributed by atoms with Gasteiger partial charge < -0.3 is 14.8 Å². The first-order valence-electron chi connectivity index (χ1n) is 7.98. The molecule has 0 aromatic carbocycles. The lowest BCUT2D eigenvalue weighted by molar-refractivity contribution is -0.117. The maximum absolute atomic E-state index is 12.1. The summed E-state index contributed by atoms with van der Waals surface area (Å²) >= 11 is 1.44. The number of hydrogen-bond donors (Lipinski definition) is 2. The third-order valence-electron chi connectivity index (χ3n) is 4.00. The second kappa shape index (κ2) is 7.89. The number of aromatic nitrogens is 1. The van der Waals surface area contributed by atoms with Gasteiger partial charge in [0.05, 0.1) is 18.5 Å². The van der Waals surface area contributed by atoms with Crippen molar-refractivity contribution in [2.24, 2.45) is 0 Å². The Hall–Kier alpha value is -1.74. The van der Waals surface area contributed by atoms with Crippen LogP contribution in [0.2, 0.25) is 0 Å². The number of carbonyl (C=O) groups is 1. The molecule has 1 aliphatic heterocycles. The molecule has 24 heavy (non-hydrogen) atoms. The lowest BCUT2D eigenvalue weighted by atomic mass is 10.2. The molecule has 0 saturated carbocycles. The Morgan fingerprint density at radius 3 is 2.79 bits per heavy atom. The summed E-state index contributed by atoms with van der Waals surface area (Å²) in [5.41, 5.74) is 0.916. The van der Waals surface area contributed by atoms with Crippen molar-refractivity contribution in [2.45, 2.75) is 13.0 Å². The van der Waals surface area contributed by atoms with Crippen LogP contribution in [0.4, 0.5) is 5.13 Å². The zero-order valence-electron chi connectivity index (χ0n) is 13.6. The second-order valence-corrected chi connectivity index (χ2v) is 6.81. The number of furan rings is 1. The van der Waals surface area contributed by atoms with Gasteiger partial charge in [-0.2, -0.15) is 0 Å². The third kappa shape index (κ3) is 4.64. The van der Waals surface area contributed by atoms with Crippen LogP contribution < -0.4 is 5.32 Å². The van der Waals surface area contributed by atoms with Crippen LogP contribution in [0.25, 0.3) is 0 Å². The SMILES string of the molecule is Cc1csc(NC(=O)CN2CCN(CC(O)c3ccco3)CC2)n1. The van der Waals surface area contributed by atoms with Gasteiger partial charge in [0.15, 0.2) is 5.13 Å². The number of carbonyl (C=O) groups excluding carboxylic acids is 1. The number of thiazole rings is 1. The standard InChI is InChI=1S/C16H22N4O3S/c1-12-11-24-16(17-12)18-15(22)10-20-6-4-19(5-7-20)9-13(21)14-3-2-8-23-14/h2-3,8,11,13,21H,4-7,9-10H2,1H3,(H,17,18,22). The average molecular weight is 350 g/mol. The van der Waals surface area contributed by atoms with Crippen molar-refractivity contribution in [3.05, 3.63) is 35.2 Å². The van der Waals surface area contributed by atoms with E-state index in [0.29, 0.717) is 24.0 Å². The molecule has 2 aromatic rings. The second-order valence-electron chi connectivity index (χ2n) is 5.95. The summed E-state index contributed by atoms with van der Waals surface area (Å²) in [5.74, 6) is 0.559. The largest absolute Gasteiger partial charge is 0.467 e. The number of aliphatic hydroxyl groups excluding tert-OH is 1. The minimum atomic E-state index is -0.608. The summed E-state index contributed by atoms with van der Waals surface area (Å²) in [6.45, 7) is 6.06. The van der Waals surface area contributed by atoms with Crippen molar-refractivity contribution in [1.29, 1.82) is 0 Å². The van der Waals surface area contributed by atoms with Gasteiger partial charge in [-0.15, -0.1) is 11.3 Å². The lowest BCUT2D eigenvalue weighted by Crippen LogP contribution is -2.49. The summed E-state index contributed by atoms with van der Waals surface area (Å²) in [5, 5.41) is 15.5. The number of rotatable bonds is 6. The Bertz CT molecular complexity index is 650. The lowest BCUT2D eigenvalue weighted by Gasteiger charge is -2.34. The molecule has 2 aromatic heterocycles. The first-order chi connectivity index (χ1) is 11.6. The fourth-order valence-corrected chi connectivity index (χ4v) is 3.42. The van der Waals surface area contributed by atoms with Crippen LogP contribution in [0.3, 0.4) is 0 Å². The van der Waals surface area contributed by atoms with Crippen LogP contribution in [0, 0.1) is 6.92 Å². The number of aliphatic hydroxyl groups is 1. The normalized spacial score (nSPS) is 17.8. The van der Waals surface area contributed by atoms with Gasteiger partial charge in [-0.1, -0.05) is 0 Å². The van der Waals surface area contributed by atoms with Gasteiger partial charge in [0.2, 0.25) is 5.91 Å². The Morgan fingerprint density at radius 2 is 2.17 bits per heavy atom. The van der Waals surface area contributed by atoms with E-state index in [1.807, 2.05) is 12.3 Å². The van der Waals surface area contributed by atoms with Crippen molar-refractivity contribution in [3.63, 3.8) is 0 Å². The van der Waals surface area contributed by atoms with Crippen LogP contribution in [0.1, 0.15) is 17.6 Å². The van der Waals surface area contributed by atoms with Crippen LogP contribution in [0.5, 0.6) is 0 Å².